The number of rotatable bonds is 25. The molecule has 0 unspecified atom stereocenters. The minimum atomic E-state index is -3.74. The molecule has 220 valence electrons. The third kappa shape index (κ3) is 16.6. The largest absolute Gasteiger partial charge is 0.491 e. The van der Waals surface area contributed by atoms with Gasteiger partial charge in [0.05, 0.1) is 64.4 Å². The van der Waals surface area contributed by atoms with Gasteiger partial charge in [0.1, 0.15) is 12.4 Å². The molecule has 0 amide bonds. The molecular formula is C30H46O8S. The summed E-state index contributed by atoms with van der Waals surface area (Å²) in [5.74, 6) is 0.868. The molecule has 0 fully saturated rings. The predicted octanol–water partition coefficient (Wildman–Crippen LogP) is 5.44. The quantitative estimate of drug-likeness (QED) is 0.116. The predicted molar refractivity (Wildman–Crippen MR) is 152 cm³/mol. The van der Waals surface area contributed by atoms with Crippen LogP contribution in [0.1, 0.15) is 51.0 Å². The Morgan fingerprint density at radius 3 is 1.67 bits per heavy atom. The van der Waals surface area contributed by atoms with E-state index in [1.807, 2.05) is 12.1 Å². The van der Waals surface area contributed by atoms with E-state index in [-0.39, 0.29) is 18.1 Å². The number of hydrogen-bond acceptors (Lipinski definition) is 8. The molecule has 8 nitrogen and oxygen atoms in total. The summed E-state index contributed by atoms with van der Waals surface area (Å²) in [6.45, 7) is 6.00. The van der Waals surface area contributed by atoms with Crippen molar-refractivity contribution in [2.75, 3.05) is 66.1 Å². The highest BCUT2D eigenvalue weighted by Crippen LogP contribution is 2.15. The van der Waals surface area contributed by atoms with Gasteiger partial charge in [0.2, 0.25) is 0 Å². The summed E-state index contributed by atoms with van der Waals surface area (Å²) in [5.41, 5.74) is 1.37. The second kappa shape index (κ2) is 21.8. The van der Waals surface area contributed by atoms with Crippen LogP contribution < -0.4 is 4.74 Å². The fraction of sp³-hybridized carbons (Fsp3) is 0.600. The van der Waals surface area contributed by atoms with Gasteiger partial charge in [0.25, 0.3) is 10.1 Å². The summed E-state index contributed by atoms with van der Waals surface area (Å²) in [7, 11) is -3.74. The van der Waals surface area contributed by atoms with Gasteiger partial charge in [-0.3, -0.25) is 4.18 Å². The second-order valence-electron chi connectivity index (χ2n) is 9.05. The molecular weight excluding hydrogens is 520 g/mol. The van der Waals surface area contributed by atoms with Gasteiger partial charge in [-0.2, -0.15) is 8.42 Å². The van der Waals surface area contributed by atoms with Gasteiger partial charge in [-0.25, -0.2) is 0 Å². The van der Waals surface area contributed by atoms with Crippen LogP contribution in [0, 0.1) is 0 Å². The summed E-state index contributed by atoms with van der Waals surface area (Å²) in [4.78, 5) is 0.131. The van der Waals surface area contributed by atoms with E-state index < -0.39 is 10.1 Å². The Morgan fingerprint density at radius 2 is 1.08 bits per heavy atom. The van der Waals surface area contributed by atoms with Crippen LogP contribution in [0.25, 0.3) is 0 Å². The lowest BCUT2D eigenvalue weighted by molar-refractivity contribution is -0.00682. The molecule has 0 N–H and O–H groups in total. The zero-order chi connectivity index (χ0) is 27.9. The van der Waals surface area contributed by atoms with Gasteiger partial charge in [-0.1, -0.05) is 69.4 Å². The molecule has 2 rings (SSSR count). The van der Waals surface area contributed by atoms with Gasteiger partial charge in [0.15, 0.2) is 0 Å². The molecule has 9 heteroatoms. The maximum absolute atomic E-state index is 12.0. The molecule has 0 aliphatic heterocycles. The zero-order valence-electron chi connectivity index (χ0n) is 23.4. The maximum atomic E-state index is 12.0. The van der Waals surface area contributed by atoms with E-state index in [0.29, 0.717) is 52.9 Å². The summed E-state index contributed by atoms with van der Waals surface area (Å²) in [6.07, 6.45) is 9.04. The van der Waals surface area contributed by atoms with Gasteiger partial charge < -0.3 is 23.7 Å². The highest BCUT2D eigenvalue weighted by atomic mass is 32.2. The Hall–Kier alpha value is -2.01. The first-order valence-electron chi connectivity index (χ1n) is 14.1. The van der Waals surface area contributed by atoms with E-state index in [2.05, 4.69) is 19.1 Å². The topological polar surface area (TPSA) is 89.5 Å². The molecule has 0 aliphatic rings. The molecule has 39 heavy (non-hydrogen) atoms. The first-order chi connectivity index (χ1) is 19.1. The van der Waals surface area contributed by atoms with Crippen molar-refractivity contribution in [3.05, 3.63) is 60.2 Å². The highest BCUT2D eigenvalue weighted by molar-refractivity contribution is 7.86. The Bertz CT molecular complexity index is 935. The molecule has 0 heterocycles. The van der Waals surface area contributed by atoms with Crippen molar-refractivity contribution >= 4 is 10.1 Å². The van der Waals surface area contributed by atoms with Crippen LogP contribution in [-0.2, 0) is 39.7 Å². The first-order valence-corrected chi connectivity index (χ1v) is 15.5. The smallest absolute Gasteiger partial charge is 0.297 e. The molecule has 2 aromatic rings. The molecule has 0 bridgehead atoms. The van der Waals surface area contributed by atoms with Crippen molar-refractivity contribution in [2.24, 2.45) is 0 Å². The monoisotopic (exact) mass is 566 g/mol. The lowest BCUT2D eigenvalue weighted by atomic mass is 10.0. The average molecular weight is 567 g/mol. The third-order valence-electron chi connectivity index (χ3n) is 5.85. The van der Waals surface area contributed by atoms with Crippen molar-refractivity contribution in [1.82, 2.24) is 0 Å². The SMILES string of the molecule is CCCCCCCCc1ccc(OCCOCCOCCOCCOCCOS(=O)(=O)c2ccccc2)cc1. The summed E-state index contributed by atoms with van der Waals surface area (Å²) in [5, 5.41) is 0. The third-order valence-corrected chi connectivity index (χ3v) is 7.18. The van der Waals surface area contributed by atoms with E-state index >= 15 is 0 Å². The number of ether oxygens (including phenoxy) is 5. The van der Waals surface area contributed by atoms with Crippen molar-refractivity contribution in [3.63, 3.8) is 0 Å². The second-order valence-corrected chi connectivity index (χ2v) is 10.7. The Labute approximate surface area is 235 Å². The Balaban J connectivity index is 1.32. The molecule has 0 saturated heterocycles. The standard InChI is InChI=1S/C30H46O8S/c1-2-3-4-5-6-8-11-28-14-16-29(17-15-28)37-26-24-35-22-20-33-18-19-34-21-23-36-25-27-38-39(31,32)30-12-9-7-10-13-30/h7,9-10,12-17H,2-6,8,11,18-27H2,1H3. The summed E-state index contributed by atoms with van der Waals surface area (Å²) < 4.78 is 56.4. The number of benzene rings is 2. The molecule has 0 saturated carbocycles. The molecule has 0 aromatic heterocycles. The molecule has 0 spiro atoms. The lowest BCUT2D eigenvalue weighted by Gasteiger charge is -2.09. The summed E-state index contributed by atoms with van der Waals surface area (Å²) in [6, 6.07) is 16.4. The molecule has 0 aliphatic carbocycles. The van der Waals surface area contributed by atoms with Crippen LogP contribution in [0.4, 0.5) is 0 Å². The van der Waals surface area contributed by atoms with Gasteiger partial charge in [0, 0.05) is 0 Å². The van der Waals surface area contributed by atoms with Crippen molar-refractivity contribution < 1.29 is 36.3 Å². The minimum absolute atomic E-state index is 0.0447. The maximum Gasteiger partial charge on any atom is 0.297 e. The van der Waals surface area contributed by atoms with Gasteiger partial charge in [-0.15, -0.1) is 0 Å². The van der Waals surface area contributed by atoms with Gasteiger partial charge >= 0.3 is 0 Å². The normalized spacial score (nSPS) is 11.6. The van der Waals surface area contributed by atoms with Crippen molar-refractivity contribution in [3.8, 4) is 5.75 Å². The van der Waals surface area contributed by atoms with Crippen molar-refractivity contribution in [2.45, 2.75) is 56.8 Å². The molecule has 0 radical (unpaired) electrons. The van der Waals surface area contributed by atoms with E-state index in [0.717, 1.165) is 12.2 Å². The van der Waals surface area contributed by atoms with Crippen LogP contribution in [0.5, 0.6) is 5.75 Å². The lowest BCUT2D eigenvalue weighted by Crippen LogP contribution is -2.15. The van der Waals surface area contributed by atoms with Crippen LogP contribution in [0.15, 0.2) is 59.5 Å². The van der Waals surface area contributed by atoms with E-state index in [9.17, 15) is 8.42 Å². The summed E-state index contributed by atoms with van der Waals surface area (Å²) >= 11 is 0. The van der Waals surface area contributed by atoms with Crippen LogP contribution in [-0.4, -0.2) is 74.5 Å². The van der Waals surface area contributed by atoms with Crippen LogP contribution >= 0.6 is 0 Å². The molecule has 2 aromatic carbocycles. The van der Waals surface area contributed by atoms with Crippen LogP contribution in [0.3, 0.4) is 0 Å². The molecule has 0 atom stereocenters. The minimum Gasteiger partial charge on any atom is -0.491 e. The fourth-order valence-corrected chi connectivity index (χ4v) is 4.61. The van der Waals surface area contributed by atoms with E-state index in [1.165, 1.54) is 56.2 Å². The van der Waals surface area contributed by atoms with E-state index in [4.69, 9.17) is 27.9 Å². The Morgan fingerprint density at radius 1 is 0.564 bits per heavy atom. The number of aryl methyl sites for hydroxylation is 1. The number of hydrogen-bond donors (Lipinski definition) is 0. The Kier molecular flexibility index (Phi) is 18.5. The zero-order valence-corrected chi connectivity index (χ0v) is 24.2. The van der Waals surface area contributed by atoms with E-state index in [1.54, 1.807) is 18.2 Å². The average Bonchev–Trinajstić information content (AvgIpc) is 2.96. The van der Waals surface area contributed by atoms with Gasteiger partial charge in [-0.05, 0) is 42.7 Å². The van der Waals surface area contributed by atoms with Crippen molar-refractivity contribution in [1.29, 1.82) is 0 Å². The van der Waals surface area contributed by atoms with Crippen LogP contribution in [0.2, 0.25) is 0 Å². The highest BCUT2D eigenvalue weighted by Gasteiger charge is 2.13. The first kappa shape index (κ1) is 33.2. The fourth-order valence-electron chi connectivity index (χ4n) is 3.70. The number of unbranched alkanes of at least 4 members (excludes halogenated alkanes) is 5.